The summed E-state index contributed by atoms with van der Waals surface area (Å²) in [6.07, 6.45) is 0.563. The van der Waals surface area contributed by atoms with Gasteiger partial charge in [0.1, 0.15) is 28.5 Å². The average molecular weight is 690 g/mol. The van der Waals surface area contributed by atoms with Gasteiger partial charge >= 0.3 is 5.97 Å². The van der Waals surface area contributed by atoms with Crippen molar-refractivity contribution in [1.29, 1.82) is 10.5 Å². The van der Waals surface area contributed by atoms with Gasteiger partial charge in [0.15, 0.2) is 12.4 Å². The number of nitriles is 2. The zero-order valence-electron chi connectivity index (χ0n) is 27.2. The Kier molecular flexibility index (Phi) is 8.65. The van der Waals surface area contributed by atoms with Crippen molar-refractivity contribution in [1.82, 2.24) is 4.98 Å². The number of ketones is 1. The van der Waals surface area contributed by atoms with Gasteiger partial charge in [-0.05, 0) is 71.5 Å². The highest BCUT2D eigenvalue weighted by molar-refractivity contribution is 8.00. The molecule has 2 aliphatic rings. The molecule has 10 nitrogen and oxygen atoms in total. The van der Waals surface area contributed by atoms with E-state index < -0.39 is 29.6 Å². The predicted octanol–water partition coefficient (Wildman–Crippen LogP) is 6.42. The number of thioether (sulfide) groups is 1. The molecule has 1 aliphatic carbocycles. The summed E-state index contributed by atoms with van der Waals surface area (Å²) in [6.45, 7) is 1.47. The number of fused-ring (bicyclic) bond motifs is 3. The number of amides is 2. The van der Waals surface area contributed by atoms with Crippen molar-refractivity contribution in [3.8, 4) is 34.4 Å². The molecule has 1 aromatic heterocycles. The van der Waals surface area contributed by atoms with Gasteiger partial charge in [0.2, 0.25) is 11.8 Å². The second-order valence-corrected chi connectivity index (χ2v) is 13.3. The molecule has 0 spiro atoms. The standard InChI is InChI=1S/C40H27N5O5S/c1-22-6-8-23(9-7-22)36-31(19-41)37(43)44-38(32(36)20-42)51-34-18-35(47)45(39(34)48)28-13-10-24(11-14-28)40(49)50-21-33(46)26-12-15-30-27(17-26)16-25-4-2-3-5-29(25)30/h2-15,17,34H,16,18,21H2,1H3,(H2,43,44). The van der Waals surface area contributed by atoms with Crippen LogP contribution in [0.4, 0.5) is 11.5 Å². The first-order chi connectivity index (χ1) is 24.7. The molecule has 1 aliphatic heterocycles. The lowest BCUT2D eigenvalue weighted by molar-refractivity contribution is -0.121. The molecule has 1 unspecified atom stereocenters. The van der Waals surface area contributed by atoms with Crippen molar-refractivity contribution >= 4 is 46.8 Å². The fourth-order valence-corrected chi connectivity index (χ4v) is 7.48. The summed E-state index contributed by atoms with van der Waals surface area (Å²) in [6, 6.07) is 30.7. The number of esters is 1. The number of carbonyl (C=O) groups excluding carboxylic acids is 4. The van der Waals surface area contributed by atoms with E-state index in [1.54, 1.807) is 18.2 Å². The molecule has 51 heavy (non-hydrogen) atoms. The summed E-state index contributed by atoms with van der Waals surface area (Å²) < 4.78 is 5.31. The number of nitrogen functional groups attached to an aromatic ring is 1. The average Bonchev–Trinajstić information content (AvgIpc) is 3.65. The second kappa shape index (κ2) is 13.4. The smallest absolute Gasteiger partial charge is 0.338 e. The Balaban J connectivity index is 1.02. The molecule has 2 heterocycles. The summed E-state index contributed by atoms with van der Waals surface area (Å²) in [5.41, 5.74) is 13.5. The van der Waals surface area contributed by atoms with E-state index in [2.05, 4.69) is 23.2 Å². The van der Waals surface area contributed by atoms with Crippen LogP contribution in [0, 0.1) is 29.6 Å². The van der Waals surface area contributed by atoms with Crippen LogP contribution in [0.1, 0.15) is 55.0 Å². The summed E-state index contributed by atoms with van der Waals surface area (Å²) in [5.74, 6) is -2.16. The zero-order valence-corrected chi connectivity index (χ0v) is 28.0. The highest BCUT2D eigenvalue weighted by Crippen LogP contribution is 2.40. The van der Waals surface area contributed by atoms with Crippen LogP contribution in [0.3, 0.4) is 0 Å². The lowest BCUT2D eigenvalue weighted by Gasteiger charge is -2.16. The minimum Gasteiger partial charge on any atom is -0.454 e. The second-order valence-electron chi connectivity index (χ2n) is 12.1. The number of anilines is 2. The summed E-state index contributed by atoms with van der Waals surface area (Å²) in [4.78, 5) is 57.7. The third-order valence-corrected chi connectivity index (χ3v) is 10.1. The monoisotopic (exact) mass is 689 g/mol. The molecule has 1 saturated heterocycles. The first-order valence-electron chi connectivity index (χ1n) is 15.9. The van der Waals surface area contributed by atoms with Gasteiger partial charge in [-0.1, -0.05) is 78.0 Å². The summed E-state index contributed by atoms with van der Waals surface area (Å²) in [7, 11) is 0. The first-order valence-corrected chi connectivity index (χ1v) is 16.8. The molecule has 2 amide bonds. The van der Waals surface area contributed by atoms with E-state index in [1.807, 2.05) is 49.4 Å². The van der Waals surface area contributed by atoms with E-state index in [9.17, 15) is 29.7 Å². The zero-order chi connectivity index (χ0) is 35.8. The molecule has 0 radical (unpaired) electrons. The normalized spacial score (nSPS) is 14.4. The number of hydrogen-bond donors (Lipinski definition) is 1. The van der Waals surface area contributed by atoms with Crippen molar-refractivity contribution in [3.05, 3.63) is 130 Å². The number of pyridine rings is 1. The number of carbonyl (C=O) groups is 4. The Morgan fingerprint density at radius 3 is 2.31 bits per heavy atom. The van der Waals surface area contributed by atoms with E-state index in [-0.39, 0.29) is 45.4 Å². The van der Waals surface area contributed by atoms with Gasteiger partial charge < -0.3 is 10.5 Å². The number of hydrogen-bond acceptors (Lipinski definition) is 10. The van der Waals surface area contributed by atoms with Crippen molar-refractivity contribution in [2.45, 2.75) is 30.0 Å². The number of aromatic nitrogens is 1. The lowest BCUT2D eigenvalue weighted by Crippen LogP contribution is -2.31. The Morgan fingerprint density at radius 1 is 0.902 bits per heavy atom. The van der Waals surface area contributed by atoms with E-state index >= 15 is 0 Å². The number of benzene rings is 4. The van der Waals surface area contributed by atoms with Gasteiger partial charge in [-0.2, -0.15) is 10.5 Å². The predicted molar refractivity (Wildman–Crippen MR) is 191 cm³/mol. The molecule has 5 aromatic rings. The molecule has 11 heteroatoms. The van der Waals surface area contributed by atoms with E-state index in [1.165, 1.54) is 29.8 Å². The van der Waals surface area contributed by atoms with Gasteiger partial charge in [0, 0.05) is 17.5 Å². The molecule has 0 bridgehead atoms. The van der Waals surface area contributed by atoms with Crippen molar-refractivity contribution < 1.29 is 23.9 Å². The van der Waals surface area contributed by atoms with Crippen LogP contribution in [0.5, 0.6) is 0 Å². The van der Waals surface area contributed by atoms with Crippen molar-refractivity contribution in [2.24, 2.45) is 0 Å². The molecule has 7 rings (SSSR count). The SMILES string of the molecule is Cc1ccc(-c2c(C#N)c(N)nc(SC3CC(=O)N(c4ccc(C(=O)OCC(=O)c5ccc6c(c5)Cc5ccccc5-6)cc4)C3=O)c2C#N)cc1. The van der Waals surface area contributed by atoms with Crippen LogP contribution in [-0.4, -0.2) is 40.4 Å². The van der Waals surface area contributed by atoms with Gasteiger partial charge in [-0.3, -0.25) is 14.4 Å². The van der Waals surface area contributed by atoms with Crippen LogP contribution >= 0.6 is 11.8 Å². The van der Waals surface area contributed by atoms with Gasteiger partial charge in [-0.25, -0.2) is 14.7 Å². The third-order valence-electron chi connectivity index (χ3n) is 8.93. The molecule has 4 aromatic carbocycles. The Morgan fingerprint density at radius 2 is 1.59 bits per heavy atom. The van der Waals surface area contributed by atoms with Gasteiger partial charge in [0.05, 0.1) is 22.1 Å². The quantitative estimate of drug-likeness (QED) is 0.107. The van der Waals surface area contributed by atoms with E-state index in [0.717, 1.165) is 45.3 Å². The Labute approximate surface area is 297 Å². The molecule has 0 saturated carbocycles. The maximum atomic E-state index is 13.5. The van der Waals surface area contributed by atoms with E-state index in [4.69, 9.17) is 10.5 Å². The minimum atomic E-state index is -0.917. The molecular weight excluding hydrogens is 663 g/mol. The number of nitrogens with two attached hydrogens (primary N) is 1. The summed E-state index contributed by atoms with van der Waals surface area (Å²) >= 11 is 0.936. The molecular formula is C40H27N5O5S. The van der Waals surface area contributed by atoms with Crippen LogP contribution < -0.4 is 10.6 Å². The molecule has 1 atom stereocenters. The van der Waals surface area contributed by atoms with E-state index in [0.29, 0.717) is 16.7 Å². The lowest BCUT2D eigenvalue weighted by atomic mass is 9.96. The van der Waals surface area contributed by atoms with Gasteiger partial charge in [-0.15, -0.1) is 0 Å². The number of aryl methyl sites for hydroxylation is 1. The number of imide groups is 1. The number of ether oxygens (including phenoxy) is 1. The maximum Gasteiger partial charge on any atom is 0.338 e. The maximum absolute atomic E-state index is 13.5. The number of Topliss-reactive ketones (excluding diaryl/α,β-unsaturated/α-hetero) is 1. The van der Waals surface area contributed by atoms with Gasteiger partial charge in [0.25, 0.3) is 0 Å². The fourth-order valence-electron chi connectivity index (χ4n) is 6.36. The minimum absolute atomic E-state index is 0.0488. The van der Waals surface area contributed by atoms with Crippen molar-refractivity contribution in [2.75, 3.05) is 17.2 Å². The number of nitrogens with zero attached hydrogens (tertiary/aromatic N) is 4. The highest BCUT2D eigenvalue weighted by atomic mass is 32.2. The summed E-state index contributed by atoms with van der Waals surface area (Å²) in [5, 5.41) is 19.2. The molecule has 1 fully saturated rings. The third kappa shape index (κ3) is 6.12. The highest BCUT2D eigenvalue weighted by Gasteiger charge is 2.41. The van der Waals surface area contributed by atoms with Crippen LogP contribution in [0.2, 0.25) is 0 Å². The molecule has 248 valence electrons. The molecule has 2 N–H and O–H groups in total. The number of rotatable bonds is 8. The topological polar surface area (TPSA) is 167 Å². The van der Waals surface area contributed by atoms with Crippen LogP contribution in [-0.2, 0) is 20.7 Å². The first kappa shape index (κ1) is 33.0. The van der Waals surface area contributed by atoms with Crippen LogP contribution in [0.15, 0.2) is 96.0 Å². The largest absolute Gasteiger partial charge is 0.454 e. The van der Waals surface area contributed by atoms with Crippen molar-refractivity contribution in [3.63, 3.8) is 0 Å². The fraction of sp³-hybridized carbons (Fsp3) is 0.125. The Hall–Kier alpha value is -6.56. The van der Waals surface area contributed by atoms with Crippen LogP contribution in [0.25, 0.3) is 22.3 Å². The Bertz CT molecular complexity index is 2380.